The second-order valence-corrected chi connectivity index (χ2v) is 5.11. The summed E-state index contributed by atoms with van der Waals surface area (Å²) in [4.78, 5) is 6.51. The first-order valence-electron chi connectivity index (χ1n) is 6.62. The Kier molecular flexibility index (Phi) is 4.27. The molecule has 5 nitrogen and oxygen atoms in total. The lowest BCUT2D eigenvalue weighted by atomic mass is 9.89. The molecule has 0 aliphatic carbocycles. The molecular weight excluding hydrogens is 244 g/mol. The fourth-order valence-electron chi connectivity index (χ4n) is 2.70. The number of hydrogen-bond acceptors (Lipinski definition) is 5. The minimum absolute atomic E-state index is 0.513. The van der Waals surface area contributed by atoms with Gasteiger partial charge in [0.2, 0.25) is 0 Å². The van der Waals surface area contributed by atoms with Crippen LogP contribution < -0.4 is 9.47 Å². The van der Waals surface area contributed by atoms with Gasteiger partial charge in [0.25, 0.3) is 0 Å². The molecule has 1 fully saturated rings. The second-order valence-electron chi connectivity index (χ2n) is 5.11. The van der Waals surface area contributed by atoms with Gasteiger partial charge in [-0.25, -0.2) is 0 Å². The first kappa shape index (κ1) is 14.1. The fourth-order valence-corrected chi connectivity index (χ4v) is 2.70. The van der Waals surface area contributed by atoms with Crippen LogP contribution in [0.5, 0.6) is 11.5 Å². The lowest BCUT2D eigenvalue weighted by molar-refractivity contribution is -0.107. The zero-order chi connectivity index (χ0) is 13.9. The van der Waals surface area contributed by atoms with Crippen molar-refractivity contribution in [1.82, 2.24) is 9.88 Å². The van der Waals surface area contributed by atoms with Gasteiger partial charge in [0.1, 0.15) is 5.69 Å². The van der Waals surface area contributed by atoms with Gasteiger partial charge in [0.05, 0.1) is 19.8 Å². The largest absolute Gasteiger partial charge is 0.493 e. The number of methoxy groups -OCH3 is 2. The van der Waals surface area contributed by atoms with Crippen molar-refractivity contribution in [3.63, 3.8) is 0 Å². The van der Waals surface area contributed by atoms with Crippen molar-refractivity contribution in [1.29, 1.82) is 0 Å². The van der Waals surface area contributed by atoms with Crippen LogP contribution >= 0.6 is 0 Å². The van der Waals surface area contributed by atoms with Crippen LogP contribution in [0.3, 0.4) is 0 Å². The Hall–Kier alpha value is -1.33. The van der Waals surface area contributed by atoms with Crippen LogP contribution in [-0.4, -0.2) is 47.9 Å². The van der Waals surface area contributed by atoms with E-state index in [4.69, 9.17) is 9.47 Å². The van der Waals surface area contributed by atoms with E-state index >= 15 is 0 Å². The van der Waals surface area contributed by atoms with E-state index in [1.165, 1.54) is 0 Å². The molecular formula is C14H22N2O3. The molecule has 1 aliphatic heterocycles. The summed E-state index contributed by atoms with van der Waals surface area (Å²) in [5, 5.41) is 10.2. The first-order chi connectivity index (χ1) is 9.11. The first-order valence-corrected chi connectivity index (χ1v) is 6.62. The molecule has 0 radical (unpaired) electrons. The molecule has 1 aliphatic rings. The highest BCUT2D eigenvalue weighted by atomic mass is 16.5. The van der Waals surface area contributed by atoms with Gasteiger partial charge in [-0.3, -0.25) is 9.88 Å². The monoisotopic (exact) mass is 266 g/mol. The Morgan fingerprint density at radius 2 is 2.11 bits per heavy atom. The summed E-state index contributed by atoms with van der Waals surface area (Å²) in [6.07, 6.45) is 3.58. The number of aliphatic hydroxyl groups is 1. The van der Waals surface area contributed by atoms with Crippen molar-refractivity contribution in [2.24, 2.45) is 0 Å². The van der Waals surface area contributed by atoms with Crippen LogP contribution in [0.1, 0.15) is 25.5 Å². The molecule has 0 atom stereocenters. The maximum atomic E-state index is 10.2. The minimum atomic E-state index is -0.513. The number of ether oxygens (including phenoxy) is 2. The SMILES string of the molecule is CCCC1(O)CN(Cc2nccc(OC)c2OC)C1. The number of β-amino-alcohol motifs (C(OH)–C–C–N with tert-alkyl or cyclic N) is 1. The topological polar surface area (TPSA) is 54.8 Å². The fraction of sp³-hybridized carbons (Fsp3) is 0.643. The summed E-state index contributed by atoms with van der Waals surface area (Å²) in [6.45, 7) is 4.16. The van der Waals surface area contributed by atoms with E-state index < -0.39 is 5.60 Å². The molecule has 1 saturated heterocycles. The molecule has 5 heteroatoms. The van der Waals surface area contributed by atoms with Crippen molar-refractivity contribution in [3.05, 3.63) is 18.0 Å². The van der Waals surface area contributed by atoms with Gasteiger partial charge in [0, 0.05) is 31.9 Å². The van der Waals surface area contributed by atoms with E-state index in [1.54, 1.807) is 26.5 Å². The van der Waals surface area contributed by atoms with Crippen molar-refractivity contribution in [2.45, 2.75) is 31.9 Å². The summed E-state index contributed by atoms with van der Waals surface area (Å²) in [5.74, 6) is 1.37. The molecule has 1 aromatic rings. The van der Waals surface area contributed by atoms with Gasteiger partial charge >= 0.3 is 0 Å². The lowest BCUT2D eigenvalue weighted by Gasteiger charge is -2.46. The van der Waals surface area contributed by atoms with E-state index in [2.05, 4.69) is 16.8 Å². The smallest absolute Gasteiger partial charge is 0.183 e. The number of aromatic nitrogens is 1. The Balaban J connectivity index is 2.01. The van der Waals surface area contributed by atoms with E-state index in [1.807, 2.05) is 0 Å². The molecule has 1 aromatic heterocycles. The van der Waals surface area contributed by atoms with Crippen LogP contribution in [-0.2, 0) is 6.54 Å². The lowest BCUT2D eigenvalue weighted by Crippen LogP contribution is -2.61. The zero-order valence-corrected chi connectivity index (χ0v) is 11.8. The molecule has 0 unspecified atom stereocenters. The highest BCUT2D eigenvalue weighted by molar-refractivity contribution is 5.42. The van der Waals surface area contributed by atoms with Crippen LogP contribution in [0.4, 0.5) is 0 Å². The van der Waals surface area contributed by atoms with Gasteiger partial charge in [0.15, 0.2) is 11.5 Å². The standard InChI is InChI=1S/C14H22N2O3/c1-4-6-14(17)9-16(10-14)8-11-13(19-3)12(18-2)5-7-15-11/h5,7,17H,4,6,8-10H2,1-3H3. The van der Waals surface area contributed by atoms with Crippen LogP contribution in [0.15, 0.2) is 12.3 Å². The van der Waals surface area contributed by atoms with E-state index in [0.29, 0.717) is 31.1 Å². The van der Waals surface area contributed by atoms with Gasteiger partial charge < -0.3 is 14.6 Å². The van der Waals surface area contributed by atoms with E-state index in [0.717, 1.165) is 18.5 Å². The van der Waals surface area contributed by atoms with Crippen molar-refractivity contribution >= 4 is 0 Å². The highest BCUT2D eigenvalue weighted by Crippen LogP contribution is 2.33. The Labute approximate surface area is 114 Å². The Morgan fingerprint density at radius 1 is 1.37 bits per heavy atom. The molecule has 0 bridgehead atoms. The summed E-state index contributed by atoms with van der Waals surface area (Å²) in [5.41, 5.74) is 0.335. The van der Waals surface area contributed by atoms with Crippen LogP contribution in [0.25, 0.3) is 0 Å². The summed E-state index contributed by atoms with van der Waals surface area (Å²) >= 11 is 0. The van der Waals surface area contributed by atoms with E-state index in [9.17, 15) is 5.11 Å². The normalized spacial score (nSPS) is 17.9. The quantitative estimate of drug-likeness (QED) is 0.844. The summed E-state index contributed by atoms with van der Waals surface area (Å²) in [7, 11) is 3.23. The second kappa shape index (κ2) is 5.75. The zero-order valence-electron chi connectivity index (χ0n) is 11.8. The van der Waals surface area contributed by atoms with E-state index in [-0.39, 0.29) is 0 Å². The third-order valence-corrected chi connectivity index (χ3v) is 3.49. The highest BCUT2D eigenvalue weighted by Gasteiger charge is 2.40. The third-order valence-electron chi connectivity index (χ3n) is 3.49. The van der Waals surface area contributed by atoms with Crippen LogP contribution in [0.2, 0.25) is 0 Å². The number of nitrogens with zero attached hydrogens (tertiary/aromatic N) is 2. The number of likely N-dealkylation sites (tertiary alicyclic amines) is 1. The van der Waals surface area contributed by atoms with Crippen LogP contribution in [0, 0.1) is 0 Å². The van der Waals surface area contributed by atoms with Gasteiger partial charge in [-0.1, -0.05) is 13.3 Å². The third kappa shape index (κ3) is 2.98. The maximum Gasteiger partial charge on any atom is 0.183 e. The number of rotatable bonds is 6. The molecule has 0 amide bonds. The number of hydrogen-bond donors (Lipinski definition) is 1. The maximum absolute atomic E-state index is 10.2. The predicted octanol–water partition coefficient (Wildman–Crippen LogP) is 1.45. The van der Waals surface area contributed by atoms with Gasteiger partial charge in [-0.15, -0.1) is 0 Å². The molecule has 1 N–H and O–H groups in total. The van der Waals surface area contributed by atoms with Crippen molar-refractivity contribution in [3.8, 4) is 11.5 Å². The van der Waals surface area contributed by atoms with Crippen molar-refractivity contribution in [2.75, 3.05) is 27.3 Å². The minimum Gasteiger partial charge on any atom is -0.493 e. The Morgan fingerprint density at radius 3 is 2.68 bits per heavy atom. The number of pyridine rings is 1. The van der Waals surface area contributed by atoms with Gasteiger partial charge in [-0.05, 0) is 6.42 Å². The molecule has 2 heterocycles. The summed E-state index contributed by atoms with van der Waals surface area (Å²) < 4.78 is 10.6. The average molecular weight is 266 g/mol. The average Bonchev–Trinajstić information content (AvgIpc) is 2.36. The molecule has 106 valence electrons. The van der Waals surface area contributed by atoms with Crippen molar-refractivity contribution < 1.29 is 14.6 Å². The molecule has 0 spiro atoms. The molecule has 0 saturated carbocycles. The molecule has 0 aromatic carbocycles. The van der Waals surface area contributed by atoms with Gasteiger partial charge in [-0.2, -0.15) is 0 Å². The predicted molar refractivity (Wildman–Crippen MR) is 72.5 cm³/mol. The molecule has 19 heavy (non-hydrogen) atoms. The molecule has 2 rings (SSSR count). The summed E-state index contributed by atoms with van der Waals surface area (Å²) in [6, 6.07) is 1.78. The Bertz CT molecular complexity index is 431.